The number of nitrogens with zero attached hydrogens (tertiary/aromatic N) is 1. The Morgan fingerprint density at radius 2 is 1.94 bits per heavy atom. The van der Waals surface area contributed by atoms with Crippen molar-refractivity contribution < 1.29 is 0 Å². The molecule has 1 atom stereocenters. The zero-order chi connectivity index (χ0) is 12.7. The molecule has 96 valence electrons. The lowest BCUT2D eigenvalue weighted by Crippen LogP contribution is -2.26. The van der Waals surface area contributed by atoms with Gasteiger partial charge in [0.15, 0.2) is 0 Å². The van der Waals surface area contributed by atoms with Crippen LogP contribution in [0.2, 0.25) is 5.02 Å². The highest BCUT2D eigenvalue weighted by Crippen LogP contribution is 2.14. The van der Waals surface area contributed by atoms with Gasteiger partial charge in [-0.3, -0.25) is 0 Å². The molecule has 0 bridgehead atoms. The van der Waals surface area contributed by atoms with E-state index in [1.165, 1.54) is 18.4 Å². The summed E-state index contributed by atoms with van der Waals surface area (Å²) in [5.41, 5.74) is 1.31. The molecule has 0 fully saturated rings. The summed E-state index contributed by atoms with van der Waals surface area (Å²) in [6, 6.07) is 8.09. The molecular weight excluding hydrogens is 250 g/mol. The summed E-state index contributed by atoms with van der Waals surface area (Å²) in [7, 11) is 2.17. The van der Waals surface area contributed by atoms with Gasteiger partial charge in [-0.25, -0.2) is 0 Å². The maximum Gasteiger partial charge on any atom is 0.0406 e. The van der Waals surface area contributed by atoms with Crippen LogP contribution < -0.4 is 0 Å². The molecule has 0 aliphatic rings. The molecule has 0 saturated heterocycles. The fourth-order valence-corrected chi connectivity index (χ4v) is 2.48. The largest absolute Gasteiger partial charge is 0.302 e. The fraction of sp³-hybridized carbons (Fsp3) is 0.571. The SMILES string of the molecule is CCCC(CS)CN(C)Cc1ccc(Cl)cc1. The van der Waals surface area contributed by atoms with Crippen LogP contribution >= 0.6 is 24.2 Å². The second-order valence-corrected chi connectivity index (χ2v) is 5.46. The minimum atomic E-state index is 0.695. The molecule has 0 amide bonds. The summed E-state index contributed by atoms with van der Waals surface area (Å²) in [5, 5.41) is 0.802. The first-order chi connectivity index (χ1) is 8.15. The number of rotatable bonds is 7. The molecule has 0 heterocycles. The number of benzene rings is 1. The molecule has 0 aliphatic carbocycles. The molecule has 0 aliphatic heterocycles. The number of hydrogen-bond donors (Lipinski definition) is 1. The van der Waals surface area contributed by atoms with Crippen LogP contribution in [0, 0.1) is 5.92 Å². The van der Waals surface area contributed by atoms with Crippen molar-refractivity contribution in [2.75, 3.05) is 19.3 Å². The fourth-order valence-electron chi connectivity index (χ4n) is 2.06. The van der Waals surface area contributed by atoms with Crippen molar-refractivity contribution in [2.45, 2.75) is 26.3 Å². The Kier molecular flexibility index (Phi) is 7.02. The summed E-state index contributed by atoms with van der Waals surface area (Å²) < 4.78 is 0. The van der Waals surface area contributed by atoms with Crippen LogP contribution in [0.3, 0.4) is 0 Å². The predicted octanol–water partition coefficient (Wildman–Crippen LogP) is 4.12. The maximum atomic E-state index is 5.87. The monoisotopic (exact) mass is 271 g/mol. The predicted molar refractivity (Wildman–Crippen MR) is 80.0 cm³/mol. The average molecular weight is 272 g/mol. The average Bonchev–Trinajstić information content (AvgIpc) is 2.31. The van der Waals surface area contributed by atoms with Crippen LogP contribution in [0.1, 0.15) is 25.3 Å². The Morgan fingerprint density at radius 1 is 1.29 bits per heavy atom. The van der Waals surface area contributed by atoms with E-state index in [1.54, 1.807) is 0 Å². The van der Waals surface area contributed by atoms with Gasteiger partial charge >= 0.3 is 0 Å². The first-order valence-electron chi connectivity index (χ1n) is 6.19. The zero-order valence-corrected chi connectivity index (χ0v) is 12.3. The molecule has 1 aromatic carbocycles. The summed E-state index contributed by atoms with van der Waals surface area (Å²) in [6.07, 6.45) is 2.49. The second kappa shape index (κ2) is 8.02. The Hall–Kier alpha value is -0.180. The molecule has 0 aromatic heterocycles. The van der Waals surface area contributed by atoms with Gasteiger partial charge in [0.05, 0.1) is 0 Å². The normalized spacial score (nSPS) is 13.0. The van der Waals surface area contributed by atoms with E-state index in [0.717, 1.165) is 23.9 Å². The minimum absolute atomic E-state index is 0.695. The Balaban J connectivity index is 2.42. The molecule has 17 heavy (non-hydrogen) atoms. The van der Waals surface area contributed by atoms with Crippen LogP contribution in [0.25, 0.3) is 0 Å². The van der Waals surface area contributed by atoms with Gasteiger partial charge in [0, 0.05) is 18.1 Å². The lowest BCUT2D eigenvalue weighted by molar-refractivity contribution is 0.273. The van der Waals surface area contributed by atoms with E-state index in [4.69, 9.17) is 11.6 Å². The molecule has 0 N–H and O–H groups in total. The summed E-state index contributed by atoms with van der Waals surface area (Å²) in [4.78, 5) is 2.36. The third-order valence-electron chi connectivity index (χ3n) is 2.89. The third kappa shape index (κ3) is 5.80. The number of halogens is 1. The zero-order valence-electron chi connectivity index (χ0n) is 10.7. The van der Waals surface area contributed by atoms with Crippen molar-refractivity contribution in [2.24, 2.45) is 5.92 Å². The molecule has 0 spiro atoms. The van der Waals surface area contributed by atoms with Crippen molar-refractivity contribution in [1.82, 2.24) is 4.90 Å². The van der Waals surface area contributed by atoms with Crippen molar-refractivity contribution in [3.8, 4) is 0 Å². The van der Waals surface area contributed by atoms with Crippen molar-refractivity contribution in [1.29, 1.82) is 0 Å². The van der Waals surface area contributed by atoms with Gasteiger partial charge < -0.3 is 4.90 Å². The van der Waals surface area contributed by atoms with Crippen LogP contribution in [0.5, 0.6) is 0 Å². The van der Waals surface area contributed by atoms with Gasteiger partial charge in [0.1, 0.15) is 0 Å². The molecule has 1 aromatic rings. The van der Waals surface area contributed by atoms with Gasteiger partial charge in [-0.15, -0.1) is 0 Å². The van der Waals surface area contributed by atoms with Crippen molar-refractivity contribution in [3.05, 3.63) is 34.9 Å². The van der Waals surface area contributed by atoms with Crippen LogP contribution in [0.4, 0.5) is 0 Å². The summed E-state index contributed by atoms with van der Waals surface area (Å²) in [6.45, 7) is 4.32. The molecule has 3 heteroatoms. The Bertz CT molecular complexity index is 313. The van der Waals surface area contributed by atoms with Gasteiger partial charge in [-0.2, -0.15) is 12.6 Å². The van der Waals surface area contributed by atoms with E-state index in [0.29, 0.717) is 5.92 Å². The first-order valence-corrected chi connectivity index (χ1v) is 7.20. The minimum Gasteiger partial charge on any atom is -0.302 e. The highest BCUT2D eigenvalue weighted by Gasteiger charge is 2.09. The van der Waals surface area contributed by atoms with E-state index in [2.05, 4.69) is 43.6 Å². The van der Waals surface area contributed by atoms with Crippen LogP contribution in [0.15, 0.2) is 24.3 Å². The maximum absolute atomic E-state index is 5.87. The highest BCUT2D eigenvalue weighted by molar-refractivity contribution is 7.80. The topological polar surface area (TPSA) is 3.24 Å². The van der Waals surface area contributed by atoms with Crippen molar-refractivity contribution >= 4 is 24.2 Å². The van der Waals surface area contributed by atoms with Gasteiger partial charge in [0.25, 0.3) is 0 Å². The second-order valence-electron chi connectivity index (χ2n) is 4.66. The molecule has 1 nitrogen and oxygen atoms in total. The smallest absolute Gasteiger partial charge is 0.0406 e. The molecule has 1 rings (SSSR count). The standard InChI is InChI=1S/C14H22ClNS/c1-3-4-13(11-17)10-16(2)9-12-5-7-14(15)8-6-12/h5-8,13,17H,3-4,9-11H2,1-2H3. The number of hydrogen-bond acceptors (Lipinski definition) is 2. The molecule has 1 unspecified atom stereocenters. The molecule has 0 saturated carbocycles. The molecular formula is C14H22ClNS. The first kappa shape index (κ1) is 14.9. The lowest BCUT2D eigenvalue weighted by atomic mass is 10.1. The highest BCUT2D eigenvalue weighted by atomic mass is 35.5. The Morgan fingerprint density at radius 3 is 2.47 bits per heavy atom. The van der Waals surface area contributed by atoms with Gasteiger partial charge in [0.2, 0.25) is 0 Å². The quantitative estimate of drug-likeness (QED) is 0.730. The van der Waals surface area contributed by atoms with Crippen molar-refractivity contribution in [3.63, 3.8) is 0 Å². The van der Waals surface area contributed by atoms with Gasteiger partial charge in [-0.05, 0) is 42.8 Å². The van der Waals surface area contributed by atoms with E-state index in [1.807, 2.05) is 12.1 Å². The third-order valence-corrected chi connectivity index (χ3v) is 3.66. The van der Waals surface area contributed by atoms with E-state index in [-0.39, 0.29) is 0 Å². The summed E-state index contributed by atoms with van der Waals surface area (Å²) >= 11 is 10.3. The summed E-state index contributed by atoms with van der Waals surface area (Å²) in [5.74, 6) is 1.67. The van der Waals surface area contributed by atoms with E-state index >= 15 is 0 Å². The van der Waals surface area contributed by atoms with Crippen LogP contribution in [-0.2, 0) is 6.54 Å². The Labute approximate surface area is 116 Å². The van der Waals surface area contributed by atoms with E-state index < -0.39 is 0 Å². The van der Waals surface area contributed by atoms with Gasteiger partial charge in [-0.1, -0.05) is 37.1 Å². The van der Waals surface area contributed by atoms with E-state index in [9.17, 15) is 0 Å². The lowest BCUT2D eigenvalue weighted by Gasteiger charge is -2.22. The van der Waals surface area contributed by atoms with Crippen LogP contribution in [-0.4, -0.2) is 24.2 Å². The number of thiol groups is 1. The molecule has 0 radical (unpaired) electrons.